The summed E-state index contributed by atoms with van der Waals surface area (Å²) >= 11 is 0. The van der Waals surface area contributed by atoms with E-state index in [0.29, 0.717) is 24.4 Å². The maximum absolute atomic E-state index is 12.2. The first kappa shape index (κ1) is 20.5. The summed E-state index contributed by atoms with van der Waals surface area (Å²) in [6.07, 6.45) is 10.9. The lowest BCUT2D eigenvalue weighted by molar-refractivity contribution is -0.209. The van der Waals surface area contributed by atoms with Crippen molar-refractivity contribution in [2.45, 2.75) is 90.3 Å². The first-order valence-corrected chi connectivity index (χ1v) is 11.9. The van der Waals surface area contributed by atoms with Crippen LogP contribution in [0.2, 0.25) is 0 Å². The van der Waals surface area contributed by atoms with Gasteiger partial charge < -0.3 is 14.6 Å². The number of carbonyl (C=O) groups excluding carboxylic acids is 2. The van der Waals surface area contributed by atoms with Crippen molar-refractivity contribution in [2.75, 3.05) is 6.61 Å². The second kappa shape index (κ2) is 6.82. The highest BCUT2D eigenvalue weighted by Crippen LogP contribution is 2.69. The summed E-state index contributed by atoms with van der Waals surface area (Å²) in [4.78, 5) is 23.1. The zero-order valence-electron chi connectivity index (χ0n) is 18.6. The van der Waals surface area contributed by atoms with Gasteiger partial charge in [0.1, 0.15) is 12.7 Å². The summed E-state index contributed by atoms with van der Waals surface area (Å²) < 4.78 is 10.8. The molecule has 166 valence electrons. The van der Waals surface area contributed by atoms with Crippen LogP contribution in [0, 0.1) is 34.5 Å². The first-order valence-electron chi connectivity index (χ1n) is 11.9. The SMILES string of the molecule is CC(=O)OC1CCC2(C)C(CC[C@@H]3[C@@H]2CCC2(C)C(C4=CC(=O)OC4)CCC32O)C1. The van der Waals surface area contributed by atoms with Crippen LogP contribution in [0.1, 0.15) is 78.6 Å². The third kappa shape index (κ3) is 2.76. The standard InChI is InChI=1S/C25H36O5/c1-15(26)30-18-6-9-23(2)17(13-18)4-5-21-20(23)7-10-24(3)19(8-11-25(21,24)28)16-12-22(27)29-14-16/h12,17-21,28H,4-11,13-14H2,1-3H3/t17?,18?,19?,20-,21+,23?,24?,25?/m0/s1. The molecule has 5 heteroatoms. The average molecular weight is 417 g/mol. The molecule has 5 nitrogen and oxygen atoms in total. The highest BCUT2D eigenvalue weighted by molar-refractivity contribution is 5.85. The van der Waals surface area contributed by atoms with Crippen LogP contribution in [-0.4, -0.2) is 35.4 Å². The zero-order valence-corrected chi connectivity index (χ0v) is 18.6. The molecule has 4 saturated carbocycles. The fourth-order valence-corrected chi connectivity index (χ4v) is 8.71. The molecule has 4 aliphatic carbocycles. The Labute approximate surface area is 179 Å². The molecule has 6 unspecified atom stereocenters. The van der Waals surface area contributed by atoms with E-state index in [9.17, 15) is 14.7 Å². The summed E-state index contributed by atoms with van der Waals surface area (Å²) in [6.45, 7) is 6.64. The molecule has 0 aromatic carbocycles. The van der Waals surface area contributed by atoms with Gasteiger partial charge in [-0.05, 0) is 92.4 Å². The van der Waals surface area contributed by atoms with Gasteiger partial charge in [-0.25, -0.2) is 4.79 Å². The predicted molar refractivity (Wildman–Crippen MR) is 111 cm³/mol. The minimum atomic E-state index is -0.659. The van der Waals surface area contributed by atoms with Gasteiger partial charge in [0.2, 0.25) is 0 Å². The van der Waals surface area contributed by atoms with Crippen LogP contribution >= 0.6 is 0 Å². The van der Waals surface area contributed by atoms with E-state index in [0.717, 1.165) is 63.4 Å². The van der Waals surface area contributed by atoms with E-state index in [2.05, 4.69) is 13.8 Å². The second-order valence-corrected chi connectivity index (χ2v) is 11.3. The van der Waals surface area contributed by atoms with Crippen molar-refractivity contribution in [3.05, 3.63) is 11.6 Å². The van der Waals surface area contributed by atoms with Crippen molar-refractivity contribution in [2.24, 2.45) is 34.5 Å². The van der Waals surface area contributed by atoms with Crippen molar-refractivity contribution >= 4 is 11.9 Å². The normalized spacial score (nSPS) is 50.1. The molecule has 0 bridgehead atoms. The van der Waals surface area contributed by atoms with Gasteiger partial charge in [-0.2, -0.15) is 0 Å². The van der Waals surface area contributed by atoms with Crippen molar-refractivity contribution in [1.29, 1.82) is 0 Å². The minimum Gasteiger partial charge on any atom is -0.463 e. The van der Waals surface area contributed by atoms with E-state index in [1.807, 2.05) is 0 Å². The van der Waals surface area contributed by atoms with Gasteiger partial charge >= 0.3 is 11.9 Å². The molecular weight excluding hydrogens is 380 g/mol. The third-order valence-electron chi connectivity index (χ3n) is 10.3. The number of hydrogen-bond acceptors (Lipinski definition) is 5. The Morgan fingerprint density at radius 2 is 1.90 bits per heavy atom. The van der Waals surface area contributed by atoms with E-state index in [1.54, 1.807) is 6.08 Å². The molecule has 0 amide bonds. The fraction of sp³-hybridized carbons (Fsp3) is 0.840. The Balaban J connectivity index is 1.40. The Morgan fingerprint density at radius 3 is 2.60 bits per heavy atom. The van der Waals surface area contributed by atoms with E-state index >= 15 is 0 Å². The van der Waals surface area contributed by atoms with Gasteiger partial charge in [-0.3, -0.25) is 4.79 Å². The molecule has 1 aliphatic heterocycles. The topological polar surface area (TPSA) is 72.8 Å². The van der Waals surface area contributed by atoms with Crippen LogP contribution in [0.15, 0.2) is 11.6 Å². The van der Waals surface area contributed by atoms with E-state index < -0.39 is 5.60 Å². The number of carbonyl (C=O) groups is 2. The number of cyclic esters (lactones) is 1. The summed E-state index contributed by atoms with van der Waals surface area (Å²) in [6, 6.07) is 0. The van der Waals surface area contributed by atoms with Crippen molar-refractivity contribution < 1.29 is 24.2 Å². The van der Waals surface area contributed by atoms with Gasteiger partial charge in [0.05, 0.1) is 5.60 Å². The Bertz CT molecular complexity index is 788. The molecule has 4 fully saturated rings. The Morgan fingerprint density at radius 1 is 1.10 bits per heavy atom. The second-order valence-electron chi connectivity index (χ2n) is 11.3. The molecule has 30 heavy (non-hydrogen) atoms. The molecule has 0 spiro atoms. The number of ether oxygens (including phenoxy) is 2. The van der Waals surface area contributed by atoms with Crippen LogP contribution in [0.25, 0.3) is 0 Å². The van der Waals surface area contributed by atoms with E-state index in [4.69, 9.17) is 9.47 Å². The van der Waals surface area contributed by atoms with Gasteiger partial charge in [0.25, 0.3) is 0 Å². The quantitative estimate of drug-likeness (QED) is 0.684. The molecule has 0 aromatic heterocycles. The number of hydrogen-bond donors (Lipinski definition) is 1. The summed E-state index contributed by atoms with van der Waals surface area (Å²) in [5.74, 6) is 1.29. The fourth-order valence-electron chi connectivity index (χ4n) is 8.71. The molecule has 1 heterocycles. The molecular formula is C25H36O5. The highest BCUT2D eigenvalue weighted by Gasteiger charge is 2.67. The van der Waals surface area contributed by atoms with E-state index in [1.165, 1.54) is 6.92 Å². The highest BCUT2D eigenvalue weighted by atomic mass is 16.5. The van der Waals surface area contributed by atoms with E-state index in [-0.39, 0.29) is 34.8 Å². The van der Waals surface area contributed by atoms with Crippen molar-refractivity contribution in [3.8, 4) is 0 Å². The molecule has 0 aromatic rings. The third-order valence-corrected chi connectivity index (χ3v) is 10.3. The molecule has 5 aliphatic rings. The molecule has 8 atom stereocenters. The largest absolute Gasteiger partial charge is 0.463 e. The van der Waals surface area contributed by atoms with Crippen molar-refractivity contribution in [1.82, 2.24) is 0 Å². The Kier molecular flexibility index (Phi) is 4.67. The maximum atomic E-state index is 12.2. The molecule has 1 N–H and O–H groups in total. The monoisotopic (exact) mass is 416 g/mol. The lowest BCUT2D eigenvalue weighted by Crippen LogP contribution is -2.62. The number of rotatable bonds is 2. The minimum absolute atomic E-state index is 0.0665. The lowest BCUT2D eigenvalue weighted by atomic mass is 9.43. The maximum Gasteiger partial charge on any atom is 0.331 e. The number of esters is 2. The zero-order chi connectivity index (χ0) is 21.3. The van der Waals surface area contributed by atoms with Crippen LogP contribution in [-0.2, 0) is 19.1 Å². The van der Waals surface area contributed by atoms with Gasteiger partial charge in [-0.1, -0.05) is 13.8 Å². The van der Waals surface area contributed by atoms with Crippen LogP contribution in [0.3, 0.4) is 0 Å². The molecule has 0 radical (unpaired) electrons. The lowest BCUT2D eigenvalue weighted by Gasteiger charge is -2.63. The summed E-state index contributed by atoms with van der Waals surface area (Å²) in [5, 5.41) is 12.2. The molecule has 5 rings (SSSR count). The van der Waals surface area contributed by atoms with Crippen molar-refractivity contribution in [3.63, 3.8) is 0 Å². The number of aliphatic hydroxyl groups is 1. The Hall–Kier alpha value is -1.36. The van der Waals surface area contributed by atoms with Crippen LogP contribution in [0.5, 0.6) is 0 Å². The number of fused-ring (bicyclic) bond motifs is 5. The summed E-state index contributed by atoms with van der Waals surface area (Å²) in [5.41, 5.74) is 0.485. The van der Waals surface area contributed by atoms with Crippen LogP contribution < -0.4 is 0 Å². The predicted octanol–water partition coefficient (Wildman–Crippen LogP) is 4.18. The average Bonchev–Trinajstić information content (AvgIpc) is 3.22. The molecule has 0 saturated heterocycles. The first-order chi connectivity index (χ1) is 14.2. The summed E-state index contributed by atoms with van der Waals surface area (Å²) in [7, 11) is 0. The van der Waals surface area contributed by atoms with Gasteiger partial charge in [-0.15, -0.1) is 0 Å². The smallest absolute Gasteiger partial charge is 0.331 e. The van der Waals surface area contributed by atoms with Gasteiger partial charge in [0, 0.05) is 18.4 Å². The van der Waals surface area contributed by atoms with Gasteiger partial charge in [0.15, 0.2) is 0 Å². The van der Waals surface area contributed by atoms with Crippen LogP contribution in [0.4, 0.5) is 0 Å².